The number of hydrogen-bond acceptors (Lipinski definition) is 5. The molecule has 1 fully saturated rings. The van der Waals surface area contributed by atoms with E-state index in [-0.39, 0.29) is 6.61 Å². The van der Waals surface area contributed by atoms with Crippen LogP contribution in [0.4, 0.5) is 0 Å². The number of benzene rings is 2. The van der Waals surface area contributed by atoms with Crippen molar-refractivity contribution in [2.45, 2.75) is 18.4 Å². The zero-order chi connectivity index (χ0) is 16.3. The Morgan fingerprint density at radius 3 is 2.70 bits per heavy atom. The van der Waals surface area contributed by atoms with Crippen molar-refractivity contribution in [1.82, 2.24) is 0 Å². The lowest BCUT2D eigenvalue weighted by Gasteiger charge is -2.32. The third kappa shape index (κ3) is 3.30. The molecule has 0 atom stereocenters. The van der Waals surface area contributed by atoms with E-state index in [1.807, 2.05) is 30.3 Å². The molecule has 1 N–H and O–H groups in total. The number of carbonyl (C=O) groups is 1. The number of hydrogen-bond donors (Lipinski definition) is 1. The van der Waals surface area contributed by atoms with Crippen LogP contribution < -0.4 is 4.74 Å². The number of fused-ring (bicyclic) bond motifs is 1. The van der Waals surface area contributed by atoms with E-state index < -0.39 is 11.6 Å². The highest BCUT2D eigenvalue weighted by Gasteiger charge is 2.31. The van der Waals surface area contributed by atoms with Gasteiger partial charge in [-0.3, -0.25) is 0 Å². The van der Waals surface area contributed by atoms with Gasteiger partial charge in [0, 0.05) is 31.4 Å². The molecule has 1 aliphatic rings. The molecule has 0 aliphatic carbocycles. The molecule has 1 saturated heterocycles. The number of esters is 1. The number of ether oxygens (including phenoxy) is 3. The summed E-state index contributed by atoms with van der Waals surface area (Å²) in [6.45, 7) is 1.15. The molecule has 5 heteroatoms. The van der Waals surface area contributed by atoms with Gasteiger partial charge < -0.3 is 19.3 Å². The smallest absolute Gasteiger partial charge is 0.341 e. The van der Waals surface area contributed by atoms with Gasteiger partial charge in [0.15, 0.2) is 0 Å². The SMILES string of the molecule is COC(=O)c1ccc2ccccc2c1OCC1(O)CCOCC1. The molecule has 0 saturated carbocycles. The first-order chi connectivity index (χ1) is 11.1. The maximum atomic E-state index is 12.0. The van der Waals surface area contributed by atoms with Crippen molar-refractivity contribution in [2.75, 3.05) is 26.9 Å². The van der Waals surface area contributed by atoms with Crippen LogP contribution in [0.5, 0.6) is 5.75 Å². The minimum absolute atomic E-state index is 0.119. The van der Waals surface area contributed by atoms with Crippen LogP contribution in [0, 0.1) is 0 Å². The lowest BCUT2D eigenvalue weighted by molar-refractivity contribution is -0.0854. The van der Waals surface area contributed by atoms with Crippen LogP contribution in [-0.4, -0.2) is 43.6 Å². The zero-order valence-corrected chi connectivity index (χ0v) is 13.1. The molecule has 0 spiro atoms. The lowest BCUT2D eigenvalue weighted by Crippen LogP contribution is -2.41. The van der Waals surface area contributed by atoms with Gasteiger partial charge in [0.1, 0.15) is 23.5 Å². The van der Waals surface area contributed by atoms with Gasteiger partial charge in [0.25, 0.3) is 0 Å². The number of aliphatic hydroxyl groups is 1. The Balaban J connectivity index is 1.95. The second-order valence-corrected chi connectivity index (χ2v) is 5.78. The van der Waals surface area contributed by atoms with Crippen molar-refractivity contribution in [2.24, 2.45) is 0 Å². The zero-order valence-electron chi connectivity index (χ0n) is 13.1. The summed E-state index contributed by atoms with van der Waals surface area (Å²) in [5.74, 6) is -0.000382. The van der Waals surface area contributed by atoms with E-state index in [9.17, 15) is 9.90 Å². The number of carbonyl (C=O) groups excluding carboxylic acids is 1. The van der Waals surface area contributed by atoms with Gasteiger partial charge in [-0.2, -0.15) is 0 Å². The quantitative estimate of drug-likeness (QED) is 0.878. The molecule has 2 aromatic carbocycles. The van der Waals surface area contributed by atoms with Crippen LogP contribution in [0.2, 0.25) is 0 Å². The van der Waals surface area contributed by atoms with Crippen LogP contribution >= 0.6 is 0 Å². The third-order valence-corrected chi connectivity index (χ3v) is 4.19. The van der Waals surface area contributed by atoms with Crippen molar-refractivity contribution >= 4 is 16.7 Å². The fourth-order valence-electron chi connectivity index (χ4n) is 2.77. The molecule has 2 aromatic rings. The molecule has 1 heterocycles. The Bertz CT molecular complexity index is 704. The second-order valence-electron chi connectivity index (χ2n) is 5.78. The maximum absolute atomic E-state index is 12.0. The largest absolute Gasteiger partial charge is 0.489 e. The van der Waals surface area contributed by atoms with Crippen molar-refractivity contribution in [3.8, 4) is 5.75 Å². The highest BCUT2D eigenvalue weighted by molar-refractivity contribution is 6.01. The monoisotopic (exact) mass is 316 g/mol. The molecule has 0 aromatic heterocycles. The topological polar surface area (TPSA) is 65.0 Å². The van der Waals surface area contributed by atoms with E-state index in [2.05, 4.69) is 0 Å². The first kappa shape index (κ1) is 15.8. The van der Waals surface area contributed by atoms with E-state index in [0.717, 1.165) is 10.8 Å². The fourth-order valence-corrected chi connectivity index (χ4v) is 2.77. The van der Waals surface area contributed by atoms with Crippen LogP contribution in [0.3, 0.4) is 0 Å². The molecule has 0 bridgehead atoms. The van der Waals surface area contributed by atoms with E-state index >= 15 is 0 Å². The summed E-state index contributed by atoms with van der Waals surface area (Å²) in [6.07, 6.45) is 1.04. The predicted octanol–water partition coefficient (Wildman–Crippen LogP) is 2.55. The Morgan fingerprint density at radius 1 is 1.22 bits per heavy atom. The Labute approximate surface area is 134 Å². The van der Waals surface area contributed by atoms with E-state index in [1.54, 1.807) is 6.07 Å². The molecule has 23 heavy (non-hydrogen) atoms. The summed E-state index contributed by atoms with van der Waals surface area (Å²) >= 11 is 0. The van der Waals surface area contributed by atoms with Crippen LogP contribution in [0.15, 0.2) is 36.4 Å². The maximum Gasteiger partial charge on any atom is 0.341 e. The van der Waals surface area contributed by atoms with E-state index in [0.29, 0.717) is 37.4 Å². The molecular weight excluding hydrogens is 296 g/mol. The predicted molar refractivity (Wildman–Crippen MR) is 85.8 cm³/mol. The first-order valence-corrected chi connectivity index (χ1v) is 7.66. The van der Waals surface area contributed by atoms with Gasteiger partial charge >= 0.3 is 5.97 Å². The Hall–Kier alpha value is -2.11. The van der Waals surface area contributed by atoms with E-state index in [1.165, 1.54) is 7.11 Å². The lowest BCUT2D eigenvalue weighted by atomic mass is 9.95. The average Bonchev–Trinajstić information content (AvgIpc) is 2.59. The molecule has 3 rings (SSSR count). The van der Waals surface area contributed by atoms with E-state index in [4.69, 9.17) is 14.2 Å². The third-order valence-electron chi connectivity index (χ3n) is 4.19. The summed E-state index contributed by atoms with van der Waals surface area (Å²) in [4.78, 5) is 12.0. The number of rotatable bonds is 4. The van der Waals surface area contributed by atoms with Crippen molar-refractivity contribution < 1.29 is 24.1 Å². The molecule has 0 radical (unpaired) electrons. The van der Waals surface area contributed by atoms with Crippen molar-refractivity contribution in [3.05, 3.63) is 42.0 Å². The van der Waals surface area contributed by atoms with Gasteiger partial charge in [-0.15, -0.1) is 0 Å². The average molecular weight is 316 g/mol. The van der Waals surface area contributed by atoms with Gasteiger partial charge in [0.05, 0.1) is 7.11 Å². The molecule has 0 unspecified atom stereocenters. The van der Waals surface area contributed by atoms with Crippen LogP contribution in [-0.2, 0) is 9.47 Å². The number of methoxy groups -OCH3 is 1. The minimum Gasteiger partial charge on any atom is -0.489 e. The fraction of sp³-hybridized carbons (Fsp3) is 0.389. The van der Waals surface area contributed by atoms with Gasteiger partial charge in [0.2, 0.25) is 0 Å². The highest BCUT2D eigenvalue weighted by Crippen LogP contribution is 2.32. The normalized spacial score (nSPS) is 17.0. The standard InChI is InChI=1S/C18H20O5/c1-21-17(19)15-7-6-13-4-2-3-5-14(13)16(15)23-12-18(20)8-10-22-11-9-18/h2-7,20H,8-12H2,1H3. The molecule has 0 amide bonds. The second kappa shape index (κ2) is 6.56. The van der Waals surface area contributed by atoms with Crippen LogP contribution in [0.25, 0.3) is 10.8 Å². The van der Waals surface area contributed by atoms with Crippen LogP contribution in [0.1, 0.15) is 23.2 Å². The van der Waals surface area contributed by atoms with Gasteiger partial charge in [-0.1, -0.05) is 30.3 Å². The van der Waals surface area contributed by atoms with Crippen molar-refractivity contribution in [1.29, 1.82) is 0 Å². The Kier molecular flexibility index (Phi) is 4.50. The van der Waals surface area contributed by atoms with Crippen molar-refractivity contribution in [3.63, 3.8) is 0 Å². The summed E-state index contributed by atoms with van der Waals surface area (Å²) in [5, 5.41) is 12.4. The Morgan fingerprint density at radius 2 is 1.96 bits per heavy atom. The summed E-state index contributed by atoms with van der Waals surface area (Å²) in [7, 11) is 1.34. The molecule has 122 valence electrons. The molecule has 1 aliphatic heterocycles. The molecule has 5 nitrogen and oxygen atoms in total. The summed E-state index contributed by atoms with van der Waals surface area (Å²) < 4.78 is 16.0. The summed E-state index contributed by atoms with van der Waals surface area (Å²) in [6, 6.07) is 11.2. The summed E-state index contributed by atoms with van der Waals surface area (Å²) in [5.41, 5.74) is -0.565. The first-order valence-electron chi connectivity index (χ1n) is 7.66. The minimum atomic E-state index is -0.928. The van der Waals surface area contributed by atoms with Gasteiger partial charge in [-0.25, -0.2) is 4.79 Å². The molecular formula is C18H20O5. The highest BCUT2D eigenvalue weighted by atomic mass is 16.5. The van der Waals surface area contributed by atoms with Gasteiger partial charge in [-0.05, 0) is 11.5 Å².